The first-order valence-electron chi connectivity index (χ1n) is 13.8. The zero-order valence-corrected chi connectivity index (χ0v) is 23.9. The highest BCUT2D eigenvalue weighted by atomic mass is 19.1. The first kappa shape index (κ1) is 29.1. The third-order valence-corrected chi connectivity index (χ3v) is 7.77. The maximum Gasteiger partial charge on any atom is 0.323 e. The van der Waals surface area contributed by atoms with Gasteiger partial charge >= 0.3 is 5.91 Å². The summed E-state index contributed by atoms with van der Waals surface area (Å²) < 4.78 is 25.5. The molecular weight excluding hydrogens is 537 g/mol. The van der Waals surface area contributed by atoms with Crippen molar-refractivity contribution in [3.63, 3.8) is 0 Å². The Bertz CT molecular complexity index is 1550. The average molecular weight is 572 g/mol. The molecule has 0 spiro atoms. The number of halogens is 1. The Labute approximate surface area is 244 Å². The summed E-state index contributed by atoms with van der Waals surface area (Å²) in [5.41, 5.74) is 4.71. The monoisotopic (exact) mass is 571 g/mol. The number of amides is 1. The third kappa shape index (κ3) is 6.38. The second kappa shape index (κ2) is 12.2. The van der Waals surface area contributed by atoms with E-state index in [0.717, 1.165) is 36.3 Å². The number of ether oxygens (including phenoxy) is 2. The molecule has 0 saturated heterocycles. The van der Waals surface area contributed by atoms with Crippen molar-refractivity contribution in [2.24, 2.45) is 11.1 Å². The summed E-state index contributed by atoms with van der Waals surface area (Å²) in [5.74, 6) is 0.248. The summed E-state index contributed by atoms with van der Waals surface area (Å²) in [4.78, 5) is 29.6. The van der Waals surface area contributed by atoms with Crippen molar-refractivity contribution in [1.29, 1.82) is 5.41 Å². The Kier molecular flexibility index (Phi) is 8.44. The van der Waals surface area contributed by atoms with Gasteiger partial charge < -0.3 is 20.2 Å². The number of aryl methyl sites for hydroxylation is 1. The predicted octanol–water partition coefficient (Wildman–Crippen LogP) is 6.30. The molecule has 0 bridgehead atoms. The lowest BCUT2D eigenvalue weighted by Crippen LogP contribution is -2.42. The van der Waals surface area contributed by atoms with Gasteiger partial charge in [0.15, 0.2) is 0 Å². The van der Waals surface area contributed by atoms with Crippen molar-refractivity contribution in [3.8, 4) is 17.0 Å². The summed E-state index contributed by atoms with van der Waals surface area (Å²) in [6.07, 6.45) is 2.01. The van der Waals surface area contributed by atoms with Crippen LogP contribution in [0.15, 0.2) is 71.2 Å². The number of alkyl halides is 1. The molecule has 0 radical (unpaired) electrons. The number of nitrogens with zero attached hydrogens (tertiary/aromatic N) is 3. The van der Waals surface area contributed by atoms with Gasteiger partial charge in [-0.3, -0.25) is 9.69 Å². The molecule has 1 saturated carbocycles. The Morgan fingerprint density at radius 1 is 1.19 bits per heavy atom. The molecule has 10 heteroatoms. The van der Waals surface area contributed by atoms with E-state index in [-0.39, 0.29) is 11.5 Å². The van der Waals surface area contributed by atoms with Crippen LogP contribution >= 0.6 is 0 Å². The van der Waals surface area contributed by atoms with Crippen LogP contribution in [-0.4, -0.2) is 41.3 Å². The van der Waals surface area contributed by atoms with Crippen LogP contribution in [0.25, 0.3) is 11.3 Å². The first-order valence-corrected chi connectivity index (χ1v) is 13.8. The molecule has 2 aromatic carbocycles. The van der Waals surface area contributed by atoms with Gasteiger partial charge in [0.05, 0.1) is 12.8 Å². The van der Waals surface area contributed by atoms with Gasteiger partial charge in [0.2, 0.25) is 5.88 Å². The number of methoxy groups -OCH3 is 1. The summed E-state index contributed by atoms with van der Waals surface area (Å²) in [5, 5.41) is 12.7. The molecule has 1 aromatic heterocycles. The fourth-order valence-corrected chi connectivity index (χ4v) is 5.85. The number of hydrogen-bond donors (Lipinski definition) is 2. The van der Waals surface area contributed by atoms with E-state index >= 15 is 0 Å². The lowest BCUT2D eigenvalue weighted by molar-refractivity contribution is -0.114. The van der Waals surface area contributed by atoms with Crippen molar-refractivity contribution in [2.45, 2.75) is 52.1 Å². The SMILES string of the molecule is CO/C(Nc1cccc(-c2cccc(C)c2OCc2ccc3c(c2)CN(CC2CC(C)(F)C2)C3)n1)=C(/C=N)C(=O)N=O. The molecule has 218 valence electrons. The minimum atomic E-state index is -1.12. The maximum atomic E-state index is 13.9. The number of para-hydroxylation sites is 1. The molecule has 1 aliphatic heterocycles. The van der Waals surface area contributed by atoms with Crippen LogP contribution < -0.4 is 10.1 Å². The van der Waals surface area contributed by atoms with Gasteiger partial charge in [-0.15, -0.1) is 4.91 Å². The Balaban J connectivity index is 1.30. The third-order valence-electron chi connectivity index (χ3n) is 7.77. The molecule has 0 atom stereocenters. The number of rotatable bonds is 11. The number of nitrogens with one attached hydrogen (secondary N) is 2. The van der Waals surface area contributed by atoms with E-state index in [1.807, 2.05) is 31.2 Å². The van der Waals surface area contributed by atoms with E-state index in [0.29, 0.717) is 48.8 Å². The zero-order chi connectivity index (χ0) is 29.9. The van der Waals surface area contributed by atoms with E-state index in [9.17, 15) is 14.1 Å². The topological polar surface area (TPSA) is 117 Å². The van der Waals surface area contributed by atoms with Crippen LogP contribution in [0.4, 0.5) is 10.2 Å². The Hall–Kier alpha value is -4.44. The quantitative estimate of drug-likeness (QED) is 0.120. The molecule has 2 aliphatic rings. The highest BCUT2D eigenvalue weighted by molar-refractivity contribution is 6.12. The van der Waals surface area contributed by atoms with E-state index in [1.54, 1.807) is 19.1 Å². The number of hydrogen-bond acceptors (Lipinski definition) is 8. The van der Waals surface area contributed by atoms with Gasteiger partial charge in [0.25, 0.3) is 0 Å². The van der Waals surface area contributed by atoms with Gasteiger partial charge in [0, 0.05) is 36.6 Å². The smallest absolute Gasteiger partial charge is 0.323 e. The molecule has 5 rings (SSSR count). The van der Waals surface area contributed by atoms with Crippen LogP contribution in [-0.2, 0) is 29.2 Å². The largest absolute Gasteiger partial charge is 0.488 e. The van der Waals surface area contributed by atoms with Gasteiger partial charge in [-0.25, -0.2) is 9.37 Å². The van der Waals surface area contributed by atoms with Crippen molar-refractivity contribution in [2.75, 3.05) is 19.0 Å². The molecule has 2 heterocycles. The molecule has 1 amide bonds. The number of carbonyl (C=O) groups excluding carboxylic acids is 1. The Morgan fingerprint density at radius 3 is 2.67 bits per heavy atom. The number of benzene rings is 2. The molecule has 9 nitrogen and oxygen atoms in total. The number of nitroso groups, excluding NO2 is 1. The van der Waals surface area contributed by atoms with Gasteiger partial charge in [-0.2, -0.15) is 0 Å². The van der Waals surface area contributed by atoms with Crippen LogP contribution in [0.3, 0.4) is 0 Å². The minimum absolute atomic E-state index is 0.108. The second-order valence-electron chi connectivity index (χ2n) is 11.2. The number of pyridine rings is 1. The summed E-state index contributed by atoms with van der Waals surface area (Å²) in [7, 11) is 1.31. The van der Waals surface area contributed by atoms with E-state index < -0.39 is 11.6 Å². The number of carbonyl (C=O) groups is 1. The lowest BCUT2D eigenvalue weighted by atomic mass is 9.73. The fraction of sp³-hybridized carbons (Fsp3) is 0.344. The number of aromatic nitrogens is 1. The number of anilines is 1. The Morgan fingerprint density at radius 2 is 1.95 bits per heavy atom. The van der Waals surface area contributed by atoms with Gasteiger partial charge in [0.1, 0.15) is 29.4 Å². The van der Waals surface area contributed by atoms with Crippen molar-refractivity contribution < 1.29 is 18.7 Å². The molecule has 42 heavy (non-hydrogen) atoms. The highest BCUT2D eigenvalue weighted by Gasteiger charge is 2.41. The average Bonchev–Trinajstić information content (AvgIpc) is 3.36. The molecule has 1 aliphatic carbocycles. The molecular formula is C32H34FN5O4. The van der Waals surface area contributed by atoms with Gasteiger partial charge in [-0.1, -0.05) is 36.4 Å². The standard InChI is InChI=1S/C32H34FN5O4/c1-20-6-4-7-25(27-8-5-9-28(35-27)36-31(41-3)26(15-34)30(39)37-40)29(20)42-19-21-10-11-23-17-38(18-24(23)12-21)16-22-13-32(2,33)14-22/h4-12,15,22,34H,13-14,16-19H2,1-3H3,(H,35,36)/b31-26-,34-15?. The normalized spacial score (nSPS) is 20.1. The molecule has 2 N–H and O–H groups in total. The van der Waals surface area contributed by atoms with Crippen molar-refractivity contribution in [1.82, 2.24) is 9.88 Å². The molecule has 3 aromatic rings. The zero-order valence-electron chi connectivity index (χ0n) is 23.9. The maximum absolute atomic E-state index is 13.9. The van der Waals surface area contributed by atoms with Crippen LogP contribution in [0.5, 0.6) is 5.75 Å². The van der Waals surface area contributed by atoms with Crippen molar-refractivity contribution in [3.05, 3.63) is 93.2 Å². The van der Waals surface area contributed by atoms with Crippen molar-refractivity contribution >= 4 is 17.9 Å². The van der Waals surface area contributed by atoms with Crippen LogP contribution in [0, 0.1) is 23.2 Å². The first-order chi connectivity index (χ1) is 20.2. The van der Waals surface area contributed by atoms with Crippen LogP contribution in [0.1, 0.15) is 42.0 Å². The van der Waals surface area contributed by atoms with E-state index in [2.05, 4.69) is 38.6 Å². The van der Waals surface area contributed by atoms with E-state index in [1.165, 1.54) is 18.2 Å². The van der Waals surface area contributed by atoms with E-state index in [4.69, 9.17) is 14.9 Å². The minimum Gasteiger partial charge on any atom is -0.488 e. The fourth-order valence-electron chi connectivity index (χ4n) is 5.85. The molecule has 1 fully saturated rings. The number of fused-ring (bicyclic) bond motifs is 1. The van der Waals surface area contributed by atoms with Crippen LogP contribution in [0.2, 0.25) is 0 Å². The lowest BCUT2D eigenvalue weighted by Gasteiger charge is -2.40. The highest BCUT2D eigenvalue weighted by Crippen LogP contribution is 2.42. The summed E-state index contributed by atoms with van der Waals surface area (Å²) >= 11 is 0. The summed E-state index contributed by atoms with van der Waals surface area (Å²) in [6.45, 7) is 6.75. The predicted molar refractivity (Wildman–Crippen MR) is 159 cm³/mol. The summed E-state index contributed by atoms with van der Waals surface area (Å²) in [6, 6.07) is 17.6. The molecule has 0 unspecified atom stereocenters. The van der Waals surface area contributed by atoms with Gasteiger partial charge in [-0.05, 0) is 73.1 Å². The second-order valence-corrected chi connectivity index (χ2v) is 11.2.